The first kappa shape index (κ1) is 29.2. The lowest BCUT2D eigenvalue weighted by molar-refractivity contribution is -0.173. The van der Waals surface area contributed by atoms with Gasteiger partial charge in [-0.05, 0) is 79.6 Å². The third-order valence-electron chi connectivity index (χ3n) is 8.25. The molecule has 0 aliphatic carbocycles. The second-order valence-corrected chi connectivity index (χ2v) is 10.9. The Balaban J connectivity index is 1.48. The third-order valence-corrected chi connectivity index (χ3v) is 8.25. The predicted octanol–water partition coefficient (Wildman–Crippen LogP) is 5.86. The number of aromatic hydroxyl groups is 2. The minimum absolute atomic E-state index is 0.0347. The molecule has 0 saturated heterocycles. The van der Waals surface area contributed by atoms with Gasteiger partial charge in [0.15, 0.2) is 0 Å². The van der Waals surface area contributed by atoms with Crippen LogP contribution in [0.2, 0.25) is 0 Å². The number of carbonyl (C=O) groups excluding carboxylic acids is 4. The van der Waals surface area contributed by atoms with E-state index in [1.165, 1.54) is 30.3 Å². The van der Waals surface area contributed by atoms with E-state index in [1.54, 1.807) is 13.0 Å². The van der Waals surface area contributed by atoms with Crippen molar-refractivity contribution < 1.29 is 42.6 Å². The molecule has 0 fully saturated rings. The van der Waals surface area contributed by atoms with E-state index in [0.717, 1.165) is 43.3 Å². The van der Waals surface area contributed by atoms with E-state index < -0.39 is 69.2 Å². The van der Waals surface area contributed by atoms with Crippen LogP contribution in [-0.2, 0) is 5.41 Å². The Labute approximate surface area is 253 Å². The maximum Gasteiger partial charge on any atom is 0.402 e. The van der Waals surface area contributed by atoms with E-state index in [0.29, 0.717) is 20.9 Å². The minimum Gasteiger partial charge on any atom is -0.506 e. The van der Waals surface area contributed by atoms with Gasteiger partial charge in [0.1, 0.15) is 16.9 Å². The number of imide groups is 2. The number of carbonyl (C=O) groups is 4. The Bertz CT molecular complexity index is 2060. The molecule has 4 aromatic carbocycles. The monoisotopic (exact) mass is 610 g/mol. The van der Waals surface area contributed by atoms with Crippen LogP contribution in [0.4, 0.5) is 24.5 Å². The maximum absolute atomic E-state index is 15.1. The summed E-state index contributed by atoms with van der Waals surface area (Å²) in [6, 6.07) is 14.2. The van der Waals surface area contributed by atoms with Crippen LogP contribution in [0.5, 0.6) is 11.5 Å². The summed E-state index contributed by atoms with van der Waals surface area (Å²) in [5.74, 6) is -2.29. The smallest absolute Gasteiger partial charge is 0.402 e. The molecule has 224 valence electrons. The molecule has 2 heterocycles. The minimum atomic E-state index is -5.04. The standard InChI is InChI=1S/C34H21F3N2O6/c1-4-18-6-10-22-24(14-18)32(45)39(30(22)43)26-16-20(8-12-28(26)41)33(3,34(35,36)37)19-7-11-27(40)25(15-19)38-29(42)21-9-5-17(2)13-23(21)31(38)44/h1,5-16,40-41H,2-3H3. The zero-order chi connectivity index (χ0) is 32.6. The van der Waals surface area contributed by atoms with Gasteiger partial charge in [-0.25, -0.2) is 9.80 Å². The van der Waals surface area contributed by atoms with Gasteiger partial charge in [-0.2, -0.15) is 13.2 Å². The number of alkyl halides is 3. The number of terminal acetylenes is 1. The Kier molecular flexibility index (Phi) is 6.37. The van der Waals surface area contributed by atoms with Crippen molar-refractivity contribution in [3.63, 3.8) is 0 Å². The van der Waals surface area contributed by atoms with Crippen LogP contribution in [0, 0.1) is 19.3 Å². The summed E-state index contributed by atoms with van der Waals surface area (Å²) in [4.78, 5) is 54.1. The lowest BCUT2D eigenvalue weighted by Crippen LogP contribution is -2.41. The average molecular weight is 611 g/mol. The molecule has 0 bridgehead atoms. The van der Waals surface area contributed by atoms with Crippen LogP contribution >= 0.6 is 0 Å². The number of phenols is 2. The number of rotatable bonds is 4. The molecule has 8 nitrogen and oxygen atoms in total. The Morgan fingerprint density at radius 2 is 1.09 bits per heavy atom. The normalized spacial score (nSPS) is 15.6. The molecule has 2 aliphatic rings. The highest BCUT2D eigenvalue weighted by molar-refractivity contribution is 6.35. The van der Waals surface area contributed by atoms with Gasteiger partial charge in [-0.15, -0.1) is 6.42 Å². The van der Waals surface area contributed by atoms with Crippen LogP contribution in [-0.4, -0.2) is 40.0 Å². The first-order chi connectivity index (χ1) is 21.2. The number of hydrogen-bond acceptors (Lipinski definition) is 6. The summed E-state index contributed by atoms with van der Waals surface area (Å²) in [6.07, 6.45) is 0.355. The predicted molar refractivity (Wildman–Crippen MR) is 157 cm³/mol. The van der Waals surface area contributed by atoms with Crippen molar-refractivity contribution in [3.8, 4) is 23.8 Å². The summed E-state index contributed by atoms with van der Waals surface area (Å²) >= 11 is 0. The van der Waals surface area contributed by atoms with E-state index in [9.17, 15) is 29.4 Å². The van der Waals surface area contributed by atoms with E-state index in [4.69, 9.17) is 6.42 Å². The number of hydrogen-bond donors (Lipinski definition) is 2. The number of amides is 4. The van der Waals surface area contributed by atoms with Crippen LogP contribution in [0.1, 0.15) is 70.6 Å². The fraction of sp³-hybridized carbons (Fsp3) is 0.118. The van der Waals surface area contributed by atoms with Crippen molar-refractivity contribution in [1.82, 2.24) is 0 Å². The van der Waals surface area contributed by atoms with Crippen LogP contribution in [0.3, 0.4) is 0 Å². The summed E-state index contributed by atoms with van der Waals surface area (Å²) in [7, 11) is 0. The zero-order valence-electron chi connectivity index (χ0n) is 23.6. The van der Waals surface area contributed by atoms with Crippen molar-refractivity contribution in [3.05, 3.63) is 117 Å². The molecule has 1 atom stereocenters. The number of anilines is 2. The molecule has 45 heavy (non-hydrogen) atoms. The molecule has 4 amide bonds. The van der Waals surface area contributed by atoms with Gasteiger partial charge in [0, 0.05) is 5.56 Å². The van der Waals surface area contributed by atoms with Gasteiger partial charge in [0.2, 0.25) is 0 Å². The Hall–Kier alpha value is -5.89. The first-order valence-electron chi connectivity index (χ1n) is 13.4. The number of phenolic OH excluding ortho intramolecular Hbond substituents is 2. The molecular weight excluding hydrogens is 589 g/mol. The van der Waals surface area contributed by atoms with Gasteiger partial charge >= 0.3 is 6.18 Å². The van der Waals surface area contributed by atoms with Crippen LogP contribution in [0.25, 0.3) is 0 Å². The average Bonchev–Trinajstić information content (AvgIpc) is 3.39. The molecule has 1 unspecified atom stereocenters. The lowest BCUT2D eigenvalue weighted by atomic mass is 9.75. The summed E-state index contributed by atoms with van der Waals surface area (Å²) < 4.78 is 45.4. The molecule has 11 heteroatoms. The fourth-order valence-corrected chi connectivity index (χ4v) is 5.64. The number of fused-ring (bicyclic) bond motifs is 2. The Morgan fingerprint density at radius 1 is 0.644 bits per heavy atom. The second kappa shape index (κ2) is 9.82. The Morgan fingerprint density at radius 3 is 1.56 bits per heavy atom. The highest BCUT2D eigenvalue weighted by Crippen LogP contribution is 2.50. The van der Waals surface area contributed by atoms with Crippen LogP contribution in [0.15, 0.2) is 72.8 Å². The zero-order valence-corrected chi connectivity index (χ0v) is 23.6. The van der Waals surface area contributed by atoms with Gasteiger partial charge < -0.3 is 10.2 Å². The lowest BCUT2D eigenvalue weighted by Gasteiger charge is -2.34. The summed E-state index contributed by atoms with van der Waals surface area (Å²) in [6.45, 7) is 2.53. The van der Waals surface area contributed by atoms with E-state index in [-0.39, 0.29) is 22.3 Å². The largest absolute Gasteiger partial charge is 0.506 e. The highest BCUT2D eigenvalue weighted by atomic mass is 19.4. The van der Waals surface area contributed by atoms with Crippen molar-refractivity contribution in [2.45, 2.75) is 25.4 Å². The third kappa shape index (κ3) is 4.17. The second-order valence-electron chi connectivity index (χ2n) is 10.9. The molecule has 0 saturated carbocycles. The topological polar surface area (TPSA) is 115 Å². The fourth-order valence-electron chi connectivity index (χ4n) is 5.64. The molecule has 0 spiro atoms. The number of benzene rings is 4. The molecular formula is C34H21F3N2O6. The maximum atomic E-state index is 15.1. The molecule has 2 aliphatic heterocycles. The van der Waals surface area contributed by atoms with Gasteiger partial charge in [0.25, 0.3) is 23.6 Å². The highest BCUT2D eigenvalue weighted by Gasteiger charge is 2.54. The molecule has 0 aromatic heterocycles. The van der Waals surface area contributed by atoms with E-state index >= 15 is 13.2 Å². The van der Waals surface area contributed by atoms with E-state index in [1.807, 2.05) is 0 Å². The van der Waals surface area contributed by atoms with Crippen molar-refractivity contribution >= 4 is 35.0 Å². The quantitative estimate of drug-likeness (QED) is 0.221. The van der Waals surface area contributed by atoms with Gasteiger partial charge in [-0.1, -0.05) is 29.7 Å². The van der Waals surface area contributed by atoms with Crippen molar-refractivity contribution in [2.24, 2.45) is 0 Å². The molecule has 0 radical (unpaired) electrons. The van der Waals surface area contributed by atoms with Crippen molar-refractivity contribution in [1.29, 1.82) is 0 Å². The molecule has 6 rings (SSSR count). The van der Waals surface area contributed by atoms with Gasteiger partial charge in [-0.3, -0.25) is 19.2 Å². The first-order valence-corrected chi connectivity index (χ1v) is 13.4. The van der Waals surface area contributed by atoms with Crippen molar-refractivity contribution in [2.75, 3.05) is 9.80 Å². The summed E-state index contributed by atoms with van der Waals surface area (Å²) in [5.41, 5.74) is -3.88. The summed E-state index contributed by atoms with van der Waals surface area (Å²) in [5, 5.41) is 21.3. The van der Waals surface area contributed by atoms with E-state index in [2.05, 4.69) is 5.92 Å². The SMILES string of the molecule is C#Cc1ccc2c(c1)C(=O)N(c1cc(C(C)(c3ccc(O)c(N4C(=O)c5ccc(C)cc5C4=O)c3)C(F)(F)F)ccc1O)C2=O. The molecule has 4 aromatic rings. The number of aryl methyl sites for hydroxylation is 1. The van der Waals surface area contributed by atoms with Crippen LogP contribution < -0.4 is 9.80 Å². The van der Waals surface area contributed by atoms with Gasteiger partial charge in [0.05, 0.1) is 33.6 Å². The number of nitrogens with zero attached hydrogens (tertiary/aromatic N) is 2. The molecule has 2 N–H and O–H groups in total. The number of halogens is 3.